The summed E-state index contributed by atoms with van der Waals surface area (Å²) in [6, 6.07) is 11.6. The van der Waals surface area contributed by atoms with Gasteiger partial charge in [-0.15, -0.1) is 34.2 Å². The molecule has 2 atom stereocenters. The van der Waals surface area contributed by atoms with E-state index in [0.29, 0.717) is 18.6 Å². The zero-order valence-corrected chi connectivity index (χ0v) is 19.0. The molecule has 28 heavy (non-hydrogen) atoms. The second-order valence-electron chi connectivity index (χ2n) is 7.42. The van der Waals surface area contributed by atoms with Crippen LogP contribution in [0.1, 0.15) is 43.0 Å². The first kappa shape index (κ1) is 21.0. The zero-order valence-electron chi connectivity index (χ0n) is 16.6. The molecule has 2 aromatic rings. The van der Waals surface area contributed by atoms with Crippen molar-refractivity contribution < 1.29 is 0 Å². The van der Waals surface area contributed by atoms with E-state index in [1.165, 1.54) is 12.0 Å². The molecule has 8 heteroatoms. The predicted molar refractivity (Wildman–Crippen MR) is 122 cm³/mol. The molecule has 4 rings (SSSR count). The summed E-state index contributed by atoms with van der Waals surface area (Å²) in [6.45, 7) is 6.10. The van der Waals surface area contributed by atoms with Gasteiger partial charge in [0, 0.05) is 45.2 Å². The van der Waals surface area contributed by atoms with E-state index >= 15 is 0 Å². The van der Waals surface area contributed by atoms with Crippen LogP contribution in [0.4, 0.5) is 0 Å². The lowest BCUT2D eigenvalue weighted by Crippen LogP contribution is -2.44. The molecule has 2 aliphatic heterocycles. The monoisotopic (exact) mass is 495 g/mol. The first-order chi connectivity index (χ1) is 13.2. The number of aromatic nitrogens is 3. The minimum Gasteiger partial charge on any atom is -0.352 e. The summed E-state index contributed by atoms with van der Waals surface area (Å²) >= 11 is 0. The predicted octanol–water partition coefficient (Wildman–Crippen LogP) is 2.34. The summed E-state index contributed by atoms with van der Waals surface area (Å²) in [5, 5.41) is 15.5. The second-order valence-corrected chi connectivity index (χ2v) is 7.42. The van der Waals surface area contributed by atoms with E-state index < -0.39 is 0 Å². The maximum Gasteiger partial charge on any atom is 0.191 e. The van der Waals surface area contributed by atoms with Crippen molar-refractivity contribution in [2.45, 2.75) is 51.4 Å². The van der Waals surface area contributed by atoms with E-state index in [-0.39, 0.29) is 24.0 Å². The van der Waals surface area contributed by atoms with Crippen LogP contribution >= 0.6 is 24.0 Å². The van der Waals surface area contributed by atoms with Crippen molar-refractivity contribution in [2.75, 3.05) is 20.1 Å². The molecule has 2 aliphatic rings. The van der Waals surface area contributed by atoms with E-state index in [9.17, 15) is 0 Å². The molecule has 0 bridgehead atoms. The number of hydrogen-bond donors (Lipinski definition) is 2. The maximum atomic E-state index is 4.39. The largest absolute Gasteiger partial charge is 0.352 e. The first-order valence-electron chi connectivity index (χ1n) is 9.91. The number of rotatable bonds is 5. The van der Waals surface area contributed by atoms with Crippen LogP contribution < -0.4 is 10.6 Å². The van der Waals surface area contributed by atoms with Gasteiger partial charge in [-0.3, -0.25) is 9.89 Å². The Balaban J connectivity index is 0.00000225. The highest BCUT2D eigenvalue weighted by Crippen LogP contribution is 2.24. The number of benzene rings is 1. The van der Waals surface area contributed by atoms with Crippen molar-refractivity contribution in [2.24, 2.45) is 4.99 Å². The van der Waals surface area contributed by atoms with Crippen LogP contribution in [0.25, 0.3) is 0 Å². The van der Waals surface area contributed by atoms with Crippen LogP contribution in [0.15, 0.2) is 35.3 Å². The summed E-state index contributed by atoms with van der Waals surface area (Å²) in [5.74, 6) is 2.94. The van der Waals surface area contributed by atoms with Gasteiger partial charge in [0.2, 0.25) is 0 Å². The van der Waals surface area contributed by atoms with E-state index in [1.807, 2.05) is 7.05 Å². The quantitative estimate of drug-likeness (QED) is 0.379. The third-order valence-electron chi connectivity index (χ3n) is 5.71. The van der Waals surface area contributed by atoms with Gasteiger partial charge in [0.05, 0.1) is 6.54 Å². The Morgan fingerprint density at radius 1 is 1.25 bits per heavy atom. The van der Waals surface area contributed by atoms with Crippen LogP contribution in [-0.2, 0) is 19.5 Å². The Morgan fingerprint density at radius 2 is 2.07 bits per heavy atom. The van der Waals surface area contributed by atoms with Gasteiger partial charge in [0.15, 0.2) is 11.8 Å². The molecule has 2 unspecified atom stereocenters. The van der Waals surface area contributed by atoms with Gasteiger partial charge >= 0.3 is 0 Å². The standard InChI is InChI=1S/C20H29N7.HI/c1-15(16-7-4-3-5-8-16)26-12-10-17(14-26)23-20(21-2)22-13-19-25-24-18-9-6-11-27(18)19;/h3-5,7-8,15,17H,6,9-14H2,1-2H3,(H2,21,22,23);1H. The number of nitrogens with zero attached hydrogens (tertiary/aromatic N) is 5. The number of guanidine groups is 1. The highest BCUT2D eigenvalue weighted by Gasteiger charge is 2.27. The fourth-order valence-electron chi connectivity index (χ4n) is 4.09. The Labute approximate surface area is 184 Å². The first-order valence-corrected chi connectivity index (χ1v) is 9.91. The second kappa shape index (κ2) is 9.69. The van der Waals surface area contributed by atoms with Crippen LogP contribution in [0.5, 0.6) is 0 Å². The van der Waals surface area contributed by atoms with E-state index in [2.05, 4.69) is 72.5 Å². The third-order valence-corrected chi connectivity index (χ3v) is 5.71. The SMILES string of the molecule is CN=C(NCc1nnc2n1CCC2)NC1CCN(C(C)c2ccccc2)C1.I. The number of likely N-dealkylation sites (tertiary alicyclic amines) is 1. The Bertz CT molecular complexity index is 789. The minimum absolute atomic E-state index is 0. The zero-order chi connectivity index (χ0) is 18.6. The van der Waals surface area contributed by atoms with Gasteiger partial charge in [-0.25, -0.2) is 0 Å². The van der Waals surface area contributed by atoms with Crippen molar-refractivity contribution in [3.05, 3.63) is 47.5 Å². The van der Waals surface area contributed by atoms with Gasteiger partial charge < -0.3 is 15.2 Å². The molecule has 1 aromatic carbocycles. The highest BCUT2D eigenvalue weighted by molar-refractivity contribution is 14.0. The average molecular weight is 495 g/mol. The molecule has 0 spiro atoms. The number of nitrogens with one attached hydrogen (secondary N) is 2. The van der Waals surface area contributed by atoms with Crippen molar-refractivity contribution >= 4 is 29.9 Å². The molecule has 0 aliphatic carbocycles. The van der Waals surface area contributed by atoms with Gasteiger partial charge in [-0.05, 0) is 25.3 Å². The average Bonchev–Trinajstić information content (AvgIpc) is 3.43. The number of aryl methyl sites for hydroxylation is 1. The molecule has 3 heterocycles. The third kappa shape index (κ3) is 4.65. The van der Waals surface area contributed by atoms with E-state index in [1.54, 1.807) is 0 Å². The Hall–Kier alpha value is -1.68. The fourth-order valence-corrected chi connectivity index (χ4v) is 4.09. The van der Waals surface area contributed by atoms with E-state index in [0.717, 1.165) is 50.1 Å². The number of hydrogen-bond acceptors (Lipinski definition) is 4. The molecular formula is C20H30IN7. The molecule has 0 radical (unpaired) electrons. The van der Waals surface area contributed by atoms with Crippen molar-refractivity contribution in [3.63, 3.8) is 0 Å². The Kier molecular flexibility index (Phi) is 7.28. The number of halogens is 1. The lowest BCUT2D eigenvalue weighted by molar-refractivity contribution is 0.258. The van der Waals surface area contributed by atoms with Crippen LogP contribution in [0.3, 0.4) is 0 Å². The summed E-state index contributed by atoms with van der Waals surface area (Å²) in [5.41, 5.74) is 1.38. The molecule has 7 nitrogen and oxygen atoms in total. The maximum absolute atomic E-state index is 4.39. The summed E-state index contributed by atoms with van der Waals surface area (Å²) < 4.78 is 2.22. The highest BCUT2D eigenvalue weighted by atomic mass is 127. The van der Waals surface area contributed by atoms with Crippen LogP contribution in [0, 0.1) is 0 Å². The molecule has 1 aromatic heterocycles. The van der Waals surface area contributed by atoms with Gasteiger partial charge in [0.25, 0.3) is 0 Å². The summed E-state index contributed by atoms with van der Waals surface area (Å²) in [6.07, 6.45) is 3.33. The smallest absolute Gasteiger partial charge is 0.191 e. The number of aliphatic imine (C=N–C) groups is 1. The number of fused-ring (bicyclic) bond motifs is 1. The van der Waals surface area contributed by atoms with Crippen molar-refractivity contribution in [1.82, 2.24) is 30.3 Å². The van der Waals surface area contributed by atoms with E-state index in [4.69, 9.17) is 0 Å². The minimum atomic E-state index is 0. The normalized spacial score (nSPS) is 20.5. The van der Waals surface area contributed by atoms with Crippen LogP contribution in [0.2, 0.25) is 0 Å². The van der Waals surface area contributed by atoms with Crippen molar-refractivity contribution in [1.29, 1.82) is 0 Å². The summed E-state index contributed by atoms with van der Waals surface area (Å²) in [4.78, 5) is 6.92. The lowest BCUT2D eigenvalue weighted by atomic mass is 10.1. The van der Waals surface area contributed by atoms with Crippen molar-refractivity contribution in [3.8, 4) is 0 Å². The van der Waals surface area contributed by atoms with Crippen LogP contribution in [-0.4, -0.2) is 51.8 Å². The topological polar surface area (TPSA) is 70.4 Å². The van der Waals surface area contributed by atoms with Gasteiger partial charge in [-0.1, -0.05) is 30.3 Å². The molecule has 0 amide bonds. The fraction of sp³-hybridized carbons (Fsp3) is 0.550. The molecule has 1 saturated heterocycles. The van der Waals surface area contributed by atoms with Gasteiger partial charge in [0.1, 0.15) is 5.82 Å². The molecule has 0 saturated carbocycles. The molecular weight excluding hydrogens is 465 g/mol. The molecule has 1 fully saturated rings. The summed E-state index contributed by atoms with van der Waals surface area (Å²) in [7, 11) is 1.82. The molecule has 152 valence electrons. The molecule has 2 N–H and O–H groups in total. The lowest BCUT2D eigenvalue weighted by Gasteiger charge is -2.25. The Morgan fingerprint density at radius 3 is 2.86 bits per heavy atom. The van der Waals surface area contributed by atoms with Gasteiger partial charge in [-0.2, -0.15) is 0 Å².